The van der Waals surface area contributed by atoms with Crippen LogP contribution in [0.3, 0.4) is 0 Å². The normalized spacial score (nSPS) is 12.8. The molecule has 0 fully saturated rings. The van der Waals surface area contributed by atoms with Gasteiger partial charge in [0.25, 0.3) is 0 Å². The van der Waals surface area contributed by atoms with Crippen LogP contribution in [0.5, 0.6) is 5.75 Å². The smallest absolute Gasteiger partial charge is 0.144 e. The number of hydrogen-bond donors (Lipinski definition) is 2. The minimum Gasteiger partial charge on any atom is -0.506 e. The number of phenolic OH excluding ortho intramolecular Hbond substituents is 1. The highest BCUT2D eigenvalue weighted by Gasteiger charge is 2.18. The molecule has 90 valence electrons. The lowest BCUT2D eigenvalue weighted by molar-refractivity contribution is 0.465. The summed E-state index contributed by atoms with van der Waals surface area (Å²) in [5, 5.41) is 9.82. The Bertz CT molecular complexity index is 382. The van der Waals surface area contributed by atoms with E-state index in [2.05, 4.69) is 54.7 Å². The maximum atomic E-state index is 9.82. The number of nitrogens with two attached hydrogens (primary N) is 1. The Labute approximate surface area is 121 Å². The molecule has 1 rings (SSSR count). The maximum Gasteiger partial charge on any atom is 0.144 e. The third-order valence-electron chi connectivity index (χ3n) is 2.42. The van der Waals surface area contributed by atoms with Crippen LogP contribution in [-0.2, 0) is 0 Å². The summed E-state index contributed by atoms with van der Waals surface area (Å²) in [4.78, 5) is 0. The molecule has 0 saturated carbocycles. The zero-order valence-electron chi connectivity index (χ0n) is 8.93. The summed E-state index contributed by atoms with van der Waals surface area (Å²) < 4.78 is 2.22. The molecule has 1 aromatic carbocycles. The fraction of sp³-hybridized carbons (Fsp3) is 0.455. The Balaban J connectivity index is 3.08. The van der Waals surface area contributed by atoms with Gasteiger partial charge in [-0.25, -0.2) is 0 Å². The second kappa shape index (κ2) is 6.38. The van der Waals surface area contributed by atoms with Gasteiger partial charge in [0.05, 0.1) is 8.95 Å². The number of hydrogen-bond acceptors (Lipinski definition) is 2. The molecule has 0 bridgehead atoms. The van der Waals surface area contributed by atoms with E-state index in [1.807, 2.05) is 6.07 Å². The fourth-order valence-corrected chi connectivity index (χ4v) is 4.21. The maximum absolute atomic E-state index is 9.82. The van der Waals surface area contributed by atoms with Crippen molar-refractivity contribution in [1.82, 2.24) is 0 Å². The van der Waals surface area contributed by atoms with Gasteiger partial charge < -0.3 is 10.8 Å². The lowest BCUT2D eigenvalue weighted by atomic mass is 10.0. The van der Waals surface area contributed by atoms with E-state index in [0.29, 0.717) is 8.95 Å². The van der Waals surface area contributed by atoms with Gasteiger partial charge in [-0.3, -0.25) is 0 Å². The molecule has 2 nitrogen and oxygen atoms in total. The molecule has 5 heteroatoms. The van der Waals surface area contributed by atoms with E-state index in [-0.39, 0.29) is 11.8 Å². The monoisotopic (exact) mass is 413 g/mol. The number of halogens is 3. The predicted molar refractivity (Wildman–Crippen MR) is 77.7 cm³/mol. The summed E-state index contributed by atoms with van der Waals surface area (Å²) >= 11 is 10.1. The Morgan fingerprint density at radius 1 is 1.31 bits per heavy atom. The minimum absolute atomic E-state index is 0.0669. The minimum atomic E-state index is -0.0669. The molecular formula is C11H14Br3NO. The van der Waals surface area contributed by atoms with Gasteiger partial charge in [0.1, 0.15) is 5.75 Å². The van der Waals surface area contributed by atoms with Crippen LogP contribution in [-0.4, -0.2) is 5.11 Å². The highest BCUT2D eigenvalue weighted by Crippen LogP contribution is 2.42. The van der Waals surface area contributed by atoms with E-state index >= 15 is 0 Å². The molecule has 0 aliphatic rings. The largest absolute Gasteiger partial charge is 0.506 e. The second-order valence-corrected chi connectivity index (χ2v) is 6.17. The van der Waals surface area contributed by atoms with Crippen molar-refractivity contribution in [1.29, 1.82) is 0 Å². The molecule has 0 radical (unpaired) electrons. The molecule has 0 unspecified atom stereocenters. The summed E-state index contributed by atoms with van der Waals surface area (Å²) in [5.74, 6) is 0.199. The lowest BCUT2D eigenvalue weighted by Crippen LogP contribution is -2.11. The van der Waals surface area contributed by atoms with Gasteiger partial charge in [0.15, 0.2) is 0 Å². The summed E-state index contributed by atoms with van der Waals surface area (Å²) in [5.41, 5.74) is 7.04. The van der Waals surface area contributed by atoms with E-state index in [4.69, 9.17) is 5.73 Å². The van der Waals surface area contributed by atoms with Crippen LogP contribution in [0.2, 0.25) is 0 Å². The number of aromatic hydroxyl groups is 1. The molecule has 0 saturated heterocycles. The van der Waals surface area contributed by atoms with Crippen molar-refractivity contribution >= 4 is 47.8 Å². The van der Waals surface area contributed by atoms with Crippen molar-refractivity contribution in [3.63, 3.8) is 0 Å². The summed E-state index contributed by atoms with van der Waals surface area (Å²) in [6.45, 7) is 2.13. The SMILES string of the molecule is CCCC[C@@H](N)c1c(Br)cc(Br)c(O)c1Br. The first kappa shape index (κ1) is 14.5. The van der Waals surface area contributed by atoms with Crippen LogP contribution in [0, 0.1) is 0 Å². The highest BCUT2D eigenvalue weighted by molar-refractivity contribution is 9.11. The van der Waals surface area contributed by atoms with Crippen molar-refractivity contribution in [2.24, 2.45) is 5.73 Å². The Kier molecular flexibility index (Phi) is 5.77. The third-order valence-corrected chi connectivity index (χ3v) is 4.48. The predicted octanol–water partition coefficient (Wildman–Crippen LogP) is 4.87. The topological polar surface area (TPSA) is 46.2 Å². The van der Waals surface area contributed by atoms with Crippen LogP contribution in [0.4, 0.5) is 0 Å². The van der Waals surface area contributed by atoms with Crippen molar-refractivity contribution in [2.75, 3.05) is 0 Å². The number of phenols is 1. The quantitative estimate of drug-likeness (QED) is 0.736. The molecule has 3 N–H and O–H groups in total. The Morgan fingerprint density at radius 2 is 1.94 bits per heavy atom. The van der Waals surface area contributed by atoms with E-state index in [1.165, 1.54) is 0 Å². The molecule has 0 heterocycles. The molecule has 1 aromatic rings. The second-order valence-electron chi connectivity index (χ2n) is 3.67. The van der Waals surface area contributed by atoms with Gasteiger partial charge in [0.2, 0.25) is 0 Å². The molecule has 0 aliphatic carbocycles. The molecular weight excluding hydrogens is 402 g/mol. The van der Waals surface area contributed by atoms with Crippen molar-refractivity contribution in [2.45, 2.75) is 32.2 Å². The first-order chi connectivity index (χ1) is 7.49. The van der Waals surface area contributed by atoms with Crippen LogP contribution in [0.1, 0.15) is 37.8 Å². The van der Waals surface area contributed by atoms with E-state index in [1.54, 1.807) is 0 Å². The van der Waals surface area contributed by atoms with Gasteiger partial charge in [-0.2, -0.15) is 0 Å². The standard InChI is InChI=1S/C11H14Br3NO/c1-2-3-4-8(15)9-6(12)5-7(13)11(16)10(9)14/h5,8,16H,2-4,15H2,1H3/t8-/m1/s1. The molecule has 0 aromatic heterocycles. The van der Waals surface area contributed by atoms with Gasteiger partial charge in [-0.05, 0) is 44.3 Å². The Hall–Kier alpha value is 0.420. The zero-order chi connectivity index (χ0) is 12.3. The first-order valence-corrected chi connectivity index (χ1v) is 7.48. The summed E-state index contributed by atoms with van der Waals surface area (Å²) in [6, 6.07) is 1.75. The van der Waals surface area contributed by atoms with E-state index in [9.17, 15) is 5.11 Å². The molecule has 0 aliphatic heterocycles. The number of benzene rings is 1. The molecule has 0 amide bonds. The summed E-state index contributed by atoms with van der Waals surface area (Å²) in [6.07, 6.45) is 3.11. The van der Waals surface area contributed by atoms with E-state index in [0.717, 1.165) is 29.3 Å². The first-order valence-electron chi connectivity index (χ1n) is 5.11. The van der Waals surface area contributed by atoms with Crippen LogP contribution in [0.25, 0.3) is 0 Å². The zero-order valence-corrected chi connectivity index (χ0v) is 13.7. The van der Waals surface area contributed by atoms with Gasteiger partial charge in [0, 0.05) is 16.1 Å². The van der Waals surface area contributed by atoms with Crippen LogP contribution in [0.15, 0.2) is 19.5 Å². The van der Waals surface area contributed by atoms with Gasteiger partial charge in [-0.1, -0.05) is 35.7 Å². The van der Waals surface area contributed by atoms with Crippen molar-refractivity contribution < 1.29 is 5.11 Å². The van der Waals surface area contributed by atoms with Crippen LogP contribution < -0.4 is 5.73 Å². The van der Waals surface area contributed by atoms with Crippen molar-refractivity contribution in [3.05, 3.63) is 25.0 Å². The third kappa shape index (κ3) is 3.22. The average Bonchev–Trinajstić information content (AvgIpc) is 2.23. The fourth-order valence-electron chi connectivity index (χ4n) is 1.50. The Morgan fingerprint density at radius 3 is 2.50 bits per heavy atom. The lowest BCUT2D eigenvalue weighted by Gasteiger charge is -2.17. The number of unbranched alkanes of at least 4 members (excludes halogenated alkanes) is 1. The number of rotatable bonds is 4. The molecule has 0 spiro atoms. The molecule has 1 atom stereocenters. The van der Waals surface area contributed by atoms with Crippen molar-refractivity contribution in [3.8, 4) is 5.75 Å². The van der Waals surface area contributed by atoms with E-state index < -0.39 is 0 Å². The highest BCUT2D eigenvalue weighted by atomic mass is 79.9. The van der Waals surface area contributed by atoms with Crippen LogP contribution >= 0.6 is 47.8 Å². The molecule has 16 heavy (non-hydrogen) atoms. The average molecular weight is 416 g/mol. The van der Waals surface area contributed by atoms with Gasteiger partial charge in [-0.15, -0.1) is 0 Å². The van der Waals surface area contributed by atoms with Gasteiger partial charge >= 0.3 is 0 Å². The summed E-state index contributed by atoms with van der Waals surface area (Å²) in [7, 11) is 0.